The highest BCUT2D eigenvalue weighted by Crippen LogP contribution is 2.27. The summed E-state index contributed by atoms with van der Waals surface area (Å²) in [5.41, 5.74) is 2.71. The summed E-state index contributed by atoms with van der Waals surface area (Å²) in [6, 6.07) is 11.4. The topological polar surface area (TPSA) is 106 Å². The summed E-state index contributed by atoms with van der Waals surface area (Å²) in [6.07, 6.45) is 5.06. The first-order valence-corrected chi connectivity index (χ1v) is 12.4. The van der Waals surface area contributed by atoms with Crippen LogP contribution in [-0.4, -0.2) is 45.3 Å². The molecule has 2 N–H and O–H groups in total. The summed E-state index contributed by atoms with van der Waals surface area (Å²) in [5.74, 6) is 0.923. The van der Waals surface area contributed by atoms with Gasteiger partial charge in [-0.3, -0.25) is 9.59 Å². The van der Waals surface area contributed by atoms with Crippen molar-refractivity contribution in [2.75, 3.05) is 24.4 Å². The molecule has 10 nitrogen and oxygen atoms in total. The zero-order valence-corrected chi connectivity index (χ0v) is 21.6. The number of fused-ring (bicyclic) bond motifs is 1. The van der Waals surface area contributed by atoms with E-state index in [4.69, 9.17) is 16.3 Å². The molecular formula is C26H28ClN7O3. The predicted octanol–water partition coefficient (Wildman–Crippen LogP) is 3.85. The number of carbonyl (C=O) groups is 1. The Balaban J connectivity index is 1.56. The third-order valence-corrected chi connectivity index (χ3v) is 6.45. The van der Waals surface area contributed by atoms with Gasteiger partial charge >= 0.3 is 0 Å². The van der Waals surface area contributed by atoms with Gasteiger partial charge in [-0.05, 0) is 43.5 Å². The first kappa shape index (κ1) is 24.6. The summed E-state index contributed by atoms with van der Waals surface area (Å²) in [5, 5.41) is 11.2. The average molecular weight is 522 g/mol. The molecule has 1 aromatic carbocycles. The van der Waals surface area contributed by atoms with E-state index >= 15 is 0 Å². The molecule has 1 saturated carbocycles. The zero-order chi connectivity index (χ0) is 26.1. The van der Waals surface area contributed by atoms with Crippen molar-refractivity contribution >= 4 is 40.3 Å². The number of hydrogen-bond acceptors (Lipinski definition) is 7. The SMILES string of the molecule is CCn1cc(Cl)cc(Nc2cc(N(C)Cc3ccc(OC)cc3)c3ncc(C(=O)NC4CC4)n3n2)c1=O. The minimum absolute atomic E-state index is 0.190. The number of hydrogen-bond donors (Lipinski definition) is 2. The smallest absolute Gasteiger partial charge is 0.274 e. The second kappa shape index (κ2) is 10.1. The first-order chi connectivity index (χ1) is 17.9. The summed E-state index contributed by atoms with van der Waals surface area (Å²) in [6.45, 7) is 2.91. The van der Waals surface area contributed by atoms with Crippen LogP contribution in [0.2, 0.25) is 5.02 Å². The lowest BCUT2D eigenvalue weighted by atomic mass is 10.2. The molecular weight excluding hydrogens is 494 g/mol. The van der Waals surface area contributed by atoms with Crippen LogP contribution >= 0.6 is 11.6 Å². The number of halogens is 1. The molecule has 0 aliphatic heterocycles. The lowest BCUT2D eigenvalue weighted by molar-refractivity contribution is 0.0944. The third kappa shape index (κ3) is 5.24. The molecule has 0 unspecified atom stereocenters. The minimum atomic E-state index is -0.237. The standard InChI is InChI=1S/C26H28ClN7O3/c1-4-33-15-17(27)11-20(26(33)36)30-23-12-21(32(2)14-16-5-9-19(37-3)10-6-16)24-28-13-22(34(24)31-23)25(35)29-18-7-8-18/h5-6,9-13,15,18H,4,7-8,14H2,1-3H3,(H,29,35)(H,30,31). The summed E-state index contributed by atoms with van der Waals surface area (Å²) in [4.78, 5) is 32.4. The Morgan fingerprint density at radius 3 is 2.68 bits per heavy atom. The maximum Gasteiger partial charge on any atom is 0.274 e. The molecule has 37 heavy (non-hydrogen) atoms. The highest BCUT2D eigenvalue weighted by atomic mass is 35.5. The lowest BCUT2D eigenvalue weighted by Crippen LogP contribution is -2.27. The van der Waals surface area contributed by atoms with E-state index in [0.717, 1.165) is 29.8 Å². The molecule has 0 bridgehead atoms. The third-order valence-electron chi connectivity index (χ3n) is 6.24. The van der Waals surface area contributed by atoms with Crippen molar-refractivity contribution < 1.29 is 9.53 Å². The number of amides is 1. The number of ether oxygens (including phenoxy) is 1. The van der Waals surface area contributed by atoms with E-state index in [1.807, 2.05) is 49.2 Å². The number of aryl methyl sites for hydroxylation is 1. The van der Waals surface area contributed by atoms with Crippen molar-refractivity contribution in [1.29, 1.82) is 0 Å². The Bertz CT molecular complexity index is 1510. The van der Waals surface area contributed by atoms with Crippen molar-refractivity contribution in [1.82, 2.24) is 24.5 Å². The number of anilines is 3. The van der Waals surface area contributed by atoms with Gasteiger partial charge in [-0.1, -0.05) is 23.7 Å². The Kier molecular flexibility index (Phi) is 6.75. The van der Waals surface area contributed by atoms with Crippen LogP contribution in [-0.2, 0) is 13.1 Å². The van der Waals surface area contributed by atoms with Crippen LogP contribution in [0.15, 0.2) is 53.6 Å². The van der Waals surface area contributed by atoms with Gasteiger partial charge in [-0.15, -0.1) is 5.10 Å². The quantitative estimate of drug-likeness (QED) is 0.344. The molecule has 5 rings (SSSR count). The number of aromatic nitrogens is 4. The fraction of sp³-hybridized carbons (Fsp3) is 0.308. The van der Waals surface area contributed by atoms with Crippen molar-refractivity contribution in [3.8, 4) is 5.75 Å². The highest BCUT2D eigenvalue weighted by Gasteiger charge is 2.26. The fourth-order valence-electron chi connectivity index (χ4n) is 4.09. The Hall–Kier alpha value is -4.05. The molecule has 0 atom stereocenters. The van der Waals surface area contributed by atoms with E-state index in [-0.39, 0.29) is 23.2 Å². The minimum Gasteiger partial charge on any atom is -0.497 e. The van der Waals surface area contributed by atoms with E-state index in [1.165, 1.54) is 15.3 Å². The van der Waals surface area contributed by atoms with Gasteiger partial charge in [0.25, 0.3) is 11.5 Å². The normalized spacial score (nSPS) is 13.0. The molecule has 1 amide bonds. The Morgan fingerprint density at radius 2 is 2.00 bits per heavy atom. The van der Waals surface area contributed by atoms with Crippen LogP contribution in [0.25, 0.3) is 5.65 Å². The van der Waals surface area contributed by atoms with Crippen molar-refractivity contribution in [3.63, 3.8) is 0 Å². The Morgan fingerprint density at radius 1 is 1.24 bits per heavy atom. The zero-order valence-electron chi connectivity index (χ0n) is 20.9. The number of rotatable bonds is 9. The maximum absolute atomic E-state index is 12.9. The van der Waals surface area contributed by atoms with Gasteiger partial charge in [-0.2, -0.15) is 0 Å². The second-order valence-corrected chi connectivity index (χ2v) is 9.47. The molecule has 1 aliphatic rings. The van der Waals surface area contributed by atoms with Gasteiger partial charge in [0.05, 0.1) is 24.0 Å². The van der Waals surface area contributed by atoms with E-state index in [9.17, 15) is 9.59 Å². The number of nitrogens with zero attached hydrogens (tertiary/aromatic N) is 5. The van der Waals surface area contributed by atoms with Crippen LogP contribution < -0.4 is 25.8 Å². The summed E-state index contributed by atoms with van der Waals surface area (Å²) in [7, 11) is 3.57. The molecule has 3 aromatic heterocycles. The van der Waals surface area contributed by atoms with Crippen LogP contribution in [0.1, 0.15) is 35.8 Å². The molecule has 0 radical (unpaired) electrons. The fourth-order valence-corrected chi connectivity index (χ4v) is 4.31. The molecule has 11 heteroatoms. The van der Waals surface area contributed by atoms with Gasteiger partial charge in [-0.25, -0.2) is 9.50 Å². The van der Waals surface area contributed by atoms with Crippen LogP contribution in [0.4, 0.5) is 17.2 Å². The van der Waals surface area contributed by atoms with Gasteiger partial charge < -0.3 is 24.8 Å². The van der Waals surface area contributed by atoms with Gasteiger partial charge in [0.2, 0.25) is 0 Å². The molecule has 3 heterocycles. The second-order valence-electron chi connectivity index (χ2n) is 9.03. The number of carbonyl (C=O) groups excluding carboxylic acids is 1. The van der Waals surface area contributed by atoms with Crippen LogP contribution in [0, 0.1) is 0 Å². The van der Waals surface area contributed by atoms with Gasteiger partial charge in [0.1, 0.15) is 11.4 Å². The summed E-state index contributed by atoms with van der Waals surface area (Å²) >= 11 is 6.25. The maximum atomic E-state index is 12.9. The number of nitrogens with one attached hydrogen (secondary N) is 2. The molecule has 192 valence electrons. The van der Waals surface area contributed by atoms with Crippen molar-refractivity contribution in [2.45, 2.75) is 38.9 Å². The van der Waals surface area contributed by atoms with E-state index in [1.54, 1.807) is 19.4 Å². The number of pyridine rings is 1. The summed E-state index contributed by atoms with van der Waals surface area (Å²) < 4.78 is 8.30. The number of methoxy groups -OCH3 is 1. The van der Waals surface area contributed by atoms with Crippen LogP contribution in [0.5, 0.6) is 5.75 Å². The Labute approximate surface area is 218 Å². The van der Waals surface area contributed by atoms with E-state index in [2.05, 4.69) is 20.7 Å². The van der Waals surface area contributed by atoms with E-state index < -0.39 is 0 Å². The molecule has 4 aromatic rings. The molecule has 0 spiro atoms. The number of imidazole rings is 1. The largest absolute Gasteiger partial charge is 0.497 e. The first-order valence-electron chi connectivity index (χ1n) is 12.1. The van der Waals surface area contributed by atoms with Gasteiger partial charge in [0, 0.05) is 38.4 Å². The molecule has 0 saturated heterocycles. The van der Waals surface area contributed by atoms with Gasteiger partial charge in [0.15, 0.2) is 17.2 Å². The predicted molar refractivity (Wildman–Crippen MR) is 143 cm³/mol. The monoisotopic (exact) mass is 521 g/mol. The van der Waals surface area contributed by atoms with Crippen LogP contribution in [0.3, 0.4) is 0 Å². The van der Waals surface area contributed by atoms with E-state index in [0.29, 0.717) is 35.3 Å². The lowest BCUT2D eigenvalue weighted by Gasteiger charge is -2.21. The van der Waals surface area contributed by atoms with Crippen molar-refractivity contribution in [2.24, 2.45) is 0 Å². The van der Waals surface area contributed by atoms with Crippen molar-refractivity contribution in [3.05, 3.63) is 75.4 Å². The molecule has 1 aliphatic carbocycles. The molecule has 1 fully saturated rings. The highest BCUT2D eigenvalue weighted by molar-refractivity contribution is 6.30. The average Bonchev–Trinajstić information content (AvgIpc) is 3.60. The number of benzene rings is 1.